The summed E-state index contributed by atoms with van der Waals surface area (Å²) in [6.07, 6.45) is 0. The maximum atomic E-state index is 5.88. The molecule has 0 bridgehead atoms. The van der Waals surface area contributed by atoms with Crippen LogP contribution in [0.3, 0.4) is 0 Å². The lowest BCUT2D eigenvalue weighted by atomic mass is 10.2. The van der Waals surface area contributed by atoms with Crippen molar-refractivity contribution >= 4 is 17.3 Å². The van der Waals surface area contributed by atoms with Crippen molar-refractivity contribution in [3.05, 3.63) is 59.1 Å². The molecule has 3 nitrogen and oxygen atoms in total. The lowest BCUT2D eigenvalue weighted by Gasteiger charge is -2.08. The van der Waals surface area contributed by atoms with Crippen LogP contribution in [0.2, 0.25) is 5.02 Å². The molecule has 2 aromatic carbocycles. The average molecular weight is 264 g/mol. The predicted molar refractivity (Wildman–Crippen MR) is 72.6 cm³/mol. The first-order valence-electron chi connectivity index (χ1n) is 5.55. The maximum absolute atomic E-state index is 5.88. The molecule has 0 saturated heterocycles. The van der Waals surface area contributed by atoms with E-state index in [4.69, 9.17) is 26.8 Å². The smallest absolute Gasteiger partial charge is 0.189 e. The highest BCUT2D eigenvalue weighted by Crippen LogP contribution is 2.24. The van der Waals surface area contributed by atoms with Crippen molar-refractivity contribution in [3.8, 4) is 5.75 Å². The number of halogens is 1. The zero-order valence-electron chi connectivity index (χ0n) is 9.80. The van der Waals surface area contributed by atoms with Crippen LogP contribution in [0.5, 0.6) is 5.75 Å². The third-order valence-electron chi connectivity index (χ3n) is 2.39. The summed E-state index contributed by atoms with van der Waals surface area (Å²) >= 11 is 5.88. The van der Waals surface area contributed by atoms with Crippen LogP contribution in [-0.2, 0) is 11.3 Å². The molecule has 4 heteroatoms. The third-order valence-corrected chi connectivity index (χ3v) is 2.72. The Bertz CT molecular complexity index is 502. The number of benzene rings is 2. The predicted octanol–water partition coefficient (Wildman–Crippen LogP) is 3.48. The fraction of sp³-hybridized carbons (Fsp3) is 0.143. The van der Waals surface area contributed by atoms with Crippen LogP contribution in [0.25, 0.3) is 0 Å². The number of nitrogen functional groups attached to an aromatic ring is 1. The quantitative estimate of drug-likeness (QED) is 0.510. The van der Waals surface area contributed by atoms with Crippen LogP contribution < -0.4 is 10.5 Å². The molecule has 2 N–H and O–H groups in total. The highest BCUT2D eigenvalue weighted by molar-refractivity contribution is 6.33. The molecule has 0 aliphatic rings. The lowest BCUT2D eigenvalue weighted by Crippen LogP contribution is -2.03. The molecule has 94 valence electrons. The van der Waals surface area contributed by atoms with Crippen molar-refractivity contribution in [2.75, 3.05) is 12.5 Å². The summed E-state index contributed by atoms with van der Waals surface area (Å²) in [6, 6.07) is 15.0. The van der Waals surface area contributed by atoms with E-state index in [2.05, 4.69) is 0 Å². The van der Waals surface area contributed by atoms with Crippen molar-refractivity contribution in [2.45, 2.75) is 6.61 Å². The fourth-order valence-corrected chi connectivity index (χ4v) is 1.61. The van der Waals surface area contributed by atoms with Gasteiger partial charge < -0.3 is 15.2 Å². The second-order valence-electron chi connectivity index (χ2n) is 3.78. The van der Waals surface area contributed by atoms with E-state index in [1.165, 1.54) is 0 Å². The topological polar surface area (TPSA) is 44.5 Å². The van der Waals surface area contributed by atoms with Crippen LogP contribution >= 0.6 is 11.6 Å². The van der Waals surface area contributed by atoms with Gasteiger partial charge in [-0.25, -0.2) is 0 Å². The molecule has 18 heavy (non-hydrogen) atoms. The summed E-state index contributed by atoms with van der Waals surface area (Å²) in [5.74, 6) is 0.641. The summed E-state index contributed by atoms with van der Waals surface area (Å²) in [6.45, 7) is 0.693. The van der Waals surface area contributed by atoms with Crippen molar-refractivity contribution in [2.24, 2.45) is 0 Å². The maximum Gasteiger partial charge on any atom is 0.189 e. The molecule has 0 fully saturated rings. The normalized spacial score (nSPS) is 10.3. The number of ether oxygens (including phenoxy) is 2. The van der Waals surface area contributed by atoms with E-state index in [0.29, 0.717) is 23.1 Å². The summed E-state index contributed by atoms with van der Waals surface area (Å²) in [5.41, 5.74) is 7.24. The largest absolute Gasteiger partial charge is 0.467 e. The van der Waals surface area contributed by atoms with E-state index >= 15 is 0 Å². The Labute approximate surface area is 111 Å². The molecule has 2 rings (SSSR count). The molecule has 0 spiro atoms. The average Bonchev–Trinajstić information content (AvgIpc) is 2.40. The van der Waals surface area contributed by atoms with Crippen LogP contribution in [-0.4, -0.2) is 6.79 Å². The van der Waals surface area contributed by atoms with E-state index < -0.39 is 0 Å². The Morgan fingerprint density at radius 2 is 1.83 bits per heavy atom. The molecule has 0 saturated carbocycles. The van der Waals surface area contributed by atoms with Gasteiger partial charge in [0.25, 0.3) is 0 Å². The minimum Gasteiger partial charge on any atom is -0.467 e. The van der Waals surface area contributed by atoms with Gasteiger partial charge in [-0.05, 0) is 17.7 Å². The first-order chi connectivity index (χ1) is 8.75. The van der Waals surface area contributed by atoms with E-state index in [-0.39, 0.29) is 6.79 Å². The zero-order chi connectivity index (χ0) is 12.8. The Hall–Kier alpha value is -1.71. The first kappa shape index (κ1) is 12.7. The van der Waals surface area contributed by atoms with E-state index in [0.717, 1.165) is 5.56 Å². The summed E-state index contributed by atoms with van der Waals surface area (Å²) in [4.78, 5) is 0. The van der Waals surface area contributed by atoms with Crippen LogP contribution in [0.1, 0.15) is 5.56 Å². The van der Waals surface area contributed by atoms with Gasteiger partial charge in [0.15, 0.2) is 6.79 Å². The standard InChI is InChI=1S/C14H14ClNO2/c15-13-8-12(6-7-14(13)16)18-10-17-9-11-4-2-1-3-5-11/h1-8H,9-10,16H2. The highest BCUT2D eigenvalue weighted by atomic mass is 35.5. The Morgan fingerprint density at radius 1 is 1.06 bits per heavy atom. The second-order valence-corrected chi connectivity index (χ2v) is 4.19. The number of anilines is 1. The summed E-state index contributed by atoms with van der Waals surface area (Å²) in [7, 11) is 0. The Morgan fingerprint density at radius 3 is 2.56 bits per heavy atom. The molecule has 0 heterocycles. The summed E-state index contributed by atoms with van der Waals surface area (Å²) < 4.78 is 10.8. The first-order valence-corrected chi connectivity index (χ1v) is 5.93. The van der Waals surface area contributed by atoms with Crippen LogP contribution in [0, 0.1) is 0 Å². The van der Waals surface area contributed by atoms with Crippen molar-refractivity contribution in [3.63, 3.8) is 0 Å². The van der Waals surface area contributed by atoms with Crippen molar-refractivity contribution in [1.29, 1.82) is 0 Å². The lowest BCUT2D eigenvalue weighted by molar-refractivity contribution is 0.00506. The minimum atomic E-state index is 0.176. The molecule has 2 aromatic rings. The van der Waals surface area contributed by atoms with E-state index in [1.54, 1.807) is 18.2 Å². The summed E-state index contributed by atoms with van der Waals surface area (Å²) in [5, 5.41) is 0.482. The van der Waals surface area contributed by atoms with Crippen molar-refractivity contribution in [1.82, 2.24) is 0 Å². The molecule has 0 radical (unpaired) electrons. The van der Waals surface area contributed by atoms with Crippen molar-refractivity contribution < 1.29 is 9.47 Å². The number of hydrogen-bond acceptors (Lipinski definition) is 3. The molecule has 0 unspecified atom stereocenters. The minimum absolute atomic E-state index is 0.176. The van der Waals surface area contributed by atoms with Gasteiger partial charge >= 0.3 is 0 Å². The Kier molecular flexibility index (Phi) is 4.45. The SMILES string of the molecule is Nc1ccc(OCOCc2ccccc2)cc1Cl. The molecule has 0 aliphatic heterocycles. The van der Waals surface area contributed by atoms with Crippen LogP contribution in [0.4, 0.5) is 5.69 Å². The number of hydrogen-bond donors (Lipinski definition) is 1. The monoisotopic (exact) mass is 263 g/mol. The van der Waals surface area contributed by atoms with Gasteiger partial charge in [-0.15, -0.1) is 0 Å². The second kappa shape index (κ2) is 6.28. The number of rotatable bonds is 5. The zero-order valence-corrected chi connectivity index (χ0v) is 10.6. The molecule has 0 aromatic heterocycles. The fourth-order valence-electron chi connectivity index (χ4n) is 1.44. The van der Waals surface area contributed by atoms with Gasteiger partial charge in [0.05, 0.1) is 17.3 Å². The Balaban J connectivity index is 1.77. The van der Waals surface area contributed by atoms with Gasteiger partial charge in [0, 0.05) is 6.07 Å². The molecule has 0 aliphatic carbocycles. The van der Waals surface area contributed by atoms with E-state index in [9.17, 15) is 0 Å². The van der Waals surface area contributed by atoms with Gasteiger partial charge in [0.1, 0.15) is 5.75 Å². The van der Waals surface area contributed by atoms with E-state index in [1.807, 2.05) is 30.3 Å². The third kappa shape index (κ3) is 3.65. The van der Waals surface area contributed by atoms with Gasteiger partial charge in [-0.3, -0.25) is 0 Å². The van der Waals surface area contributed by atoms with Crippen LogP contribution in [0.15, 0.2) is 48.5 Å². The highest BCUT2D eigenvalue weighted by Gasteiger charge is 1.99. The molecular weight excluding hydrogens is 250 g/mol. The van der Waals surface area contributed by atoms with Gasteiger partial charge in [-0.1, -0.05) is 41.9 Å². The number of nitrogens with two attached hydrogens (primary N) is 1. The van der Waals surface area contributed by atoms with Gasteiger partial charge in [-0.2, -0.15) is 0 Å². The molecule has 0 amide bonds. The molecular formula is C14H14ClNO2. The van der Waals surface area contributed by atoms with Gasteiger partial charge in [0.2, 0.25) is 0 Å². The molecule has 0 atom stereocenters.